The van der Waals surface area contributed by atoms with Gasteiger partial charge in [-0.1, -0.05) is 56.4 Å². The standard InChI is InChI=1S/C30H39N3O4S/c1-30(2,3)33-38(35)26-14-13-24(22-11-7-8-12-23(22)26)27-25(19-20-9-5-4-6-10-20)32-29(37-27)28(34)31-21-15-17-36-18-16-21/h7-8,11-14,20-21,33H,4-6,9-10,15-19H2,1-3H3,(H,31,34). The monoisotopic (exact) mass is 537 g/mol. The van der Waals surface area contributed by atoms with Gasteiger partial charge in [-0.15, -0.1) is 0 Å². The molecule has 1 saturated carbocycles. The van der Waals surface area contributed by atoms with E-state index < -0.39 is 11.0 Å². The molecule has 7 nitrogen and oxygen atoms in total. The average Bonchev–Trinajstić information content (AvgIpc) is 3.32. The van der Waals surface area contributed by atoms with Gasteiger partial charge in [-0.05, 0) is 68.9 Å². The Morgan fingerprint density at radius 2 is 1.71 bits per heavy atom. The van der Waals surface area contributed by atoms with E-state index in [0.717, 1.165) is 46.2 Å². The minimum Gasteiger partial charge on any atom is -0.432 e. The van der Waals surface area contributed by atoms with Gasteiger partial charge in [0.2, 0.25) is 0 Å². The number of ether oxygens (including phenoxy) is 1. The maximum atomic E-state index is 13.2. The summed E-state index contributed by atoms with van der Waals surface area (Å²) in [5, 5.41) is 4.92. The Hall–Kier alpha value is -2.55. The van der Waals surface area contributed by atoms with Gasteiger partial charge in [0.25, 0.3) is 5.89 Å². The highest BCUT2D eigenvalue weighted by Crippen LogP contribution is 2.37. The molecule has 204 valence electrons. The highest BCUT2D eigenvalue weighted by atomic mass is 32.2. The number of aromatic nitrogens is 1. The van der Waals surface area contributed by atoms with E-state index in [2.05, 4.69) is 10.0 Å². The predicted octanol–water partition coefficient (Wildman–Crippen LogP) is 5.94. The molecule has 2 N–H and O–H groups in total. The van der Waals surface area contributed by atoms with Crippen molar-refractivity contribution in [3.63, 3.8) is 0 Å². The van der Waals surface area contributed by atoms with Crippen LogP contribution in [-0.4, -0.2) is 39.9 Å². The van der Waals surface area contributed by atoms with Crippen molar-refractivity contribution in [2.45, 2.75) is 88.6 Å². The van der Waals surface area contributed by atoms with Gasteiger partial charge >= 0.3 is 5.91 Å². The molecular weight excluding hydrogens is 498 g/mol. The van der Waals surface area contributed by atoms with Gasteiger partial charge in [0.15, 0.2) is 5.76 Å². The van der Waals surface area contributed by atoms with Crippen molar-refractivity contribution >= 4 is 27.7 Å². The summed E-state index contributed by atoms with van der Waals surface area (Å²) in [7, 11) is -1.38. The lowest BCUT2D eigenvalue weighted by Gasteiger charge is -2.22. The summed E-state index contributed by atoms with van der Waals surface area (Å²) in [6.45, 7) is 7.30. The first-order chi connectivity index (χ1) is 18.3. The number of rotatable bonds is 7. The molecule has 2 fully saturated rings. The van der Waals surface area contributed by atoms with Gasteiger partial charge in [-0.3, -0.25) is 4.79 Å². The number of hydrogen-bond acceptors (Lipinski definition) is 5. The molecule has 1 amide bonds. The van der Waals surface area contributed by atoms with Crippen LogP contribution in [0.2, 0.25) is 0 Å². The highest BCUT2D eigenvalue weighted by molar-refractivity contribution is 7.83. The smallest absolute Gasteiger partial charge is 0.307 e. The van der Waals surface area contributed by atoms with E-state index in [0.29, 0.717) is 24.9 Å². The van der Waals surface area contributed by atoms with Crippen molar-refractivity contribution in [3.05, 3.63) is 48.0 Å². The first-order valence-corrected chi connectivity index (χ1v) is 15.0. The number of amides is 1. The van der Waals surface area contributed by atoms with Gasteiger partial charge in [0, 0.05) is 30.4 Å². The summed E-state index contributed by atoms with van der Waals surface area (Å²) >= 11 is 0. The van der Waals surface area contributed by atoms with E-state index >= 15 is 0 Å². The molecular formula is C30H39N3O4S. The van der Waals surface area contributed by atoms with Crippen molar-refractivity contribution < 1.29 is 18.2 Å². The molecule has 1 aromatic heterocycles. The molecule has 1 aliphatic heterocycles. The van der Waals surface area contributed by atoms with Crippen molar-refractivity contribution in [1.82, 2.24) is 15.0 Å². The second kappa shape index (κ2) is 11.7. The lowest BCUT2D eigenvalue weighted by atomic mass is 9.85. The number of fused-ring (bicyclic) bond motifs is 1. The zero-order chi connectivity index (χ0) is 26.7. The number of nitrogens with zero attached hydrogens (tertiary/aromatic N) is 1. The number of oxazole rings is 1. The third kappa shape index (κ3) is 6.35. The van der Waals surface area contributed by atoms with Gasteiger partial charge in [0.05, 0.1) is 10.6 Å². The third-order valence-corrected chi connectivity index (χ3v) is 8.94. The molecule has 1 atom stereocenters. The fourth-order valence-corrected chi connectivity index (χ4v) is 6.75. The van der Waals surface area contributed by atoms with Crippen molar-refractivity contribution in [3.8, 4) is 11.3 Å². The maximum Gasteiger partial charge on any atom is 0.307 e. The summed E-state index contributed by atoms with van der Waals surface area (Å²) in [5.41, 5.74) is 1.41. The van der Waals surface area contributed by atoms with Crippen LogP contribution in [0.4, 0.5) is 0 Å². The van der Waals surface area contributed by atoms with Gasteiger partial charge in [0.1, 0.15) is 11.0 Å². The second-order valence-corrected chi connectivity index (χ2v) is 12.8. The molecule has 0 radical (unpaired) electrons. The average molecular weight is 538 g/mol. The van der Waals surface area contributed by atoms with E-state index in [1.54, 1.807) is 0 Å². The molecule has 1 aliphatic carbocycles. The molecule has 2 aromatic carbocycles. The van der Waals surface area contributed by atoms with Crippen LogP contribution in [0.15, 0.2) is 45.7 Å². The molecule has 1 unspecified atom stereocenters. The van der Waals surface area contributed by atoms with Crippen molar-refractivity contribution in [2.75, 3.05) is 13.2 Å². The second-order valence-electron chi connectivity index (χ2n) is 11.6. The maximum absolute atomic E-state index is 13.2. The summed E-state index contributed by atoms with van der Waals surface area (Å²) in [6, 6.07) is 11.9. The van der Waals surface area contributed by atoms with Crippen LogP contribution in [0.3, 0.4) is 0 Å². The lowest BCUT2D eigenvalue weighted by Crippen LogP contribution is -2.39. The number of benzene rings is 2. The minimum atomic E-state index is -1.38. The molecule has 2 aliphatic rings. The number of carbonyl (C=O) groups excluding carboxylic acids is 1. The Morgan fingerprint density at radius 3 is 2.42 bits per heavy atom. The third-order valence-electron chi connectivity index (χ3n) is 7.38. The van der Waals surface area contributed by atoms with Gasteiger partial charge in [-0.25, -0.2) is 13.9 Å². The Labute approximate surface area is 227 Å². The van der Waals surface area contributed by atoms with E-state index in [9.17, 15) is 9.00 Å². The minimum absolute atomic E-state index is 0.0683. The van der Waals surface area contributed by atoms with Crippen molar-refractivity contribution in [2.24, 2.45) is 5.92 Å². The molecule has 0 bridgehead atoms. The Balaban J connectivity index is 1.53. The largest absolute Gasteiger partial charge is 0.432 e. The van der Waals surface area contributed by atoms with Crippen molar-refractivity contribution in [1.29, 1.82) is 0 Å². The predicted molar refractivity (Wildman–Crippen MR) is 150 cm³/mol. The Kier molecular flexibility index (Phi) is 8.31. The molecule has 3 aromatic rings. The van der Waals surface area contributed by atoms with Crippen LogP contribution in [0, 0.1) is 5.92 Å². The van der Waals surface area contributed by atoms with E-state index in [1.165, 1.54) is 32.1 Å². The zero-order valence-corrected chi connectivity index (χ0v) is 23.5. The van der Waals surface area contributed by atoms with Crippen LogP contribution in [0.1, 0.15) is 82.1 Å². The molecule has 2 heterocycles. The van der Waals surface area contributed by atoms with Gasteiger partial charge in [-0.2, -0.15) is 0 Å². The molecule has 0 spiro atoms. The topological polar surface area (TPSA) is 93.5 Å². The summed E-state index contributed by atoms with van der Waals surface area (Å²) < 4.78 is 28.1. The van der Waals surface area contributed by atoms with Crippen LogP contribution < -0.4 is 10.0 Å². The molecule has 1 saturated heterocycles. The first kappa shape index (κ1) is 27.0. The Bertz CT molecular complexity index is 1300. The van der Waals surface area contributed by atoms with E-state index in [4.69, 9.17) is 14.1 Å². The molecule has 38 heavy (non-hydrogen) atoms. The van der Waals surface area contributed by atoms with Crippen LogP contribution in [-0.2, 0) is 22.1 Å². The molecule has 5 rings (SSSR count). The van der Waals surface area contributed by atoms with Crippen LogP contribution in [0.5, 0.6) is 0 Å². The number of hydrogen-bond donors (Lipinski definition) is 2. The van der Waals surface area contributed by atoms with Crippen LogP contribution in [0.25, 0.3) is 22.1 Å². The summed E-state index contributed by atoms with van der Waals surface area (Å²) in [4.78, 5) is 18.7. The number of carbonyl (C=O) groups is 1. The van der Waals surface area contributed by atoms with E-state index in [1.807, 2.05) is 57.2 Å². The van der Waals surface area contributed by atoms with Gasteiger partial charge < -0.3 is 14.5 Å². The summed E-state index contributed by atoms with van der Waals surface area (Å²) in [6.07, 6.45) is 8.47. The summed E-state index contributed by atoms with van der Waals surface area (Å²) in [5.74, 6) is 1.02. The highest BCUT2D eigenvalue weighted by Gasteiger charge is 2.27. The Morgan fingerprint density at radius 1 is 1.00 bits per heavy atom. The quantitative estimate of drug-likeness (QED) is 0.389. The number of nitrogens with one attached hydrogen (secondary N) is 2. The zero-order valence-electron chi connectivity index (χ0n) is 22.7. The van der Waals surface area contributed by atoms with Crippen LogP contribution >= 0.6 is 0 Å². The fourth-order valence-electron chi connectivity index (χ4n) is 5.52. The first-order valence-electron chi connectivity index (χ1n) is 13.9. The SMILES string of the molecule is CC(C)(C)NS(=O)c1ccc(-c2oc(C(=O)NC3CCOCC3)nc2CC2CCCCC2)c2ccccc12. The molecule has 8 heteroatoms. The van der Waals surface area contributed by atoms with E-state index in [-0.39, 0.29) is 23.4 Å². The fraction of sp³-hybridized carbons (Fsp3) is 0.533. The normalized spacial score (nSPS) is 18.5. The lowest BCUT2D eigenvalue weighted by molar-refractivity contribution is 0.0680.